The Bertz CT molecular complexity index is 524. The van der Waals surface area contributed by atoms with E-state index < -0.39 is 0 Å². The molecule has 1 aliphatic rings. The van der Waals surface area contributed by atoms with Crippen LogP contribution in [-0.4, -0.2) is 0 Å². The van der Waals surface area contributed by atoms with Crippen molar-refractivity contribution in [2.75, 3.05) is 5.32 Å². The maximum absolute atomic E-state index is 4.08. The minimum absolute atomic E-state index is 0.0132. The Morgan fingerprint density at radius 3 is 2.65 bits per heavy atom. The first kappa shape index (κ1) is 11.8. The number of benzene rings is 1. The molecule has 0 saturated heterocycles. The fourth-order valence-corrected chi connectivity index (χ4v) is 1.98. The zero-order valence-electron chi connectivity index (χ0n) is 11.0. The van der Waals surface area contributed by atoms with Gasteiger partial charge in [0.1, 0.15) is 0 Å². The van der Waals surface area contributed by atoms with E-state index in [4.69, 9.17) is 0 Å². The first-order chi connectivity index (χ1) is 7.91. The summed E-state index contributed by atoms with van der Waals surface area (Å²) >= 11 is 0. The van der Waals surface area contributed by atoms with Gasteiger partial charge >= 0.3 is 0 Å². The molecule has 0 bridgehead atoms. The molecule has 0 aromatic heterocycles. The highest BCUT2D eigenvalue weighted by molar-refractivity contribution is 5.69. The van der Waals surface area contributed by atoms with E-state index in [1.54, 1.807) is 0 Å². The molecule has 1 aromatic carbocycles. The lowest BCUT2D eigenvalue weighted by Gasteiger charge is -2.18. The standard InChI is InChI=1S/C16H19N/c1-11(2)6-7-13-8-9-14-15(10-13)17-12(3)16(14,4)5/h8-11,17H,3H2,1-2,4-5H3. The van der Waals surface area contributed by atoms with Gasteiger partial charge in [0.25, 0.3) is 0 Å². The van der Waals surface area contributed by atoms with Gasteiger partial charge in [-0.1, -0.05) is 52.2 Å². The molecule has 1 aliphatic heterocycles. The highest BCUT2D eigenvalue weighted by atomic mass is 14.9. The summed E-state index contributed by atoms with van der Waals surface area (Å²) in [5.74, 6) is 6.79. The fourth-order valence-electron chi connectivity index (χ4n) is 1.98. The van der Waals surface area contributed by atoms with Crippen LogP contribution in [0.5, 0.6) is 0 Å². The van der Waals surface area contributed by atoms with E-state index >= 15 is 0 Å². The minimum atomic E-state index is 0.0132. The Morgan fingerprint density at radius 2 is 2.00 bits per heavy atom. The molecule has 1 heteroatoms. The Kier molecular flexibility index (Phi) is 2.75. The van der Waals surface area contributed by atoms with Crippen LogP contribution < -0.4 is 5.32 Å². The second-order valence-corrected chi connectivity index (χ2v) is 5.41. The maximum atomic E-state index is 4.08. The van der Waals surface area contributed by atoms with Gasteiger partial charge in [0.2, 0.25) is 0 Å². The van der Waals surface area contributed by atoms with Crippen molar-refractivity contribution in [3.05, 3.63) is 41.6 Å². The Labute approximate surface area is 104 Å². The molecule has 0 saturated carbocycles. The van der Waals surface area contributed by atoms with Crippen LogP contribution in [0, 0.1) is 17.8 Å². The van der Waals surface area contributed by atoms with Crippen molar-refractivity contribution in [3.8, 4) is 11.8 Å². The summed E-state index contributed by atoms with van der Waals surface area (Å²) < 4.78 is 0. The molecule has 0 aliphatic carbocycles. The average Bonchev–Trinajstić information content (AvgIpc) is 2.47. The molecule has 1 nitrogen and oxygen atoms in total. The molecule has 1 heterocycles. The Morgan fingerprint density at radius 1 is 1.29 bits per heavy atom. The molecule has 88 valence electrons. The van der Waals surface area contributed by atoms with E-state index in [-0.39, 0.29) is 5.41 Å². The molecule has 17 heavy (non-hydrogen) atoms. The zero-order valence-corrected chi connectivity index (χ0v) is 11.0. The van der Waals surface area contributed by atoms with Gasteiger partial charge in [0.05, 0.1) is 0 Å². The van der Waals surface area contributed by atoms with E-state index in [0.29, 0.717) is 5.92 Å². The summed E-state index contributed by atoms with van der Waals surface area (Å²) in [6.07, 6.45) is 0. The molecule has 0 fully saturated rings. The molecule has 0 amide bonds. The predicted molar refractivity (Wildman–Crippen MR) is 73.9 cm³/mol. The third-order valence-electron chi connectivity index (χ3n) is 3.24. The summed E-state index contributed by atoms with van der Waals surface area (Å²) in [7, 11) is 0. The summed E-state index contributed by atoms with van der Waals surface area (Å²) in [6, 6.07) is 6.37. The van der Waals surface area contributed by atoms with Crippen molar-refractivity contribution in [2.24, 2.45) is 5.92 Å². The van der Waals surface area contributed by atoms with E-state index in [0.717, 1.165) is 16.9 Å². The van der Waals surface area contributed by atoms with E-state index in [1.165, 1.54) is 5.56 Å². The summed E-state index contributed by atoms with van der Waals surface area (Å²) in [5, 5.41) is 3.35. The van der Waals surface area contributed by atoms with Crippen LogP contribution in [0.1, 0.15) is 38.8 Å². The zero-order chi connectivity index (χ0) is 12.6. The molecule has 1 aromatic rings. The molecule has 0 radical (unpaired) electrons. The van der Waals surface area contributed by atoms with Gasteiger partial charge in [-0.15, -0.1) is 0 Å². The SMILES string of the molecule is C=C1Nc2cc(C#CC(C)C)ccc2C1(C)C. The number of rotatable bonds is 0. The highest BCUT2D eigenvalue weighted by Crippen LogP contribution is 2.42. The van der Waals surface area contributed by atoms with Crippen LogP contribution in [0.4, 0.5) is 5.69 Å². The average molecular weight is 225 g/mol. The van der Waals surface area contributed by atoms with Crippen LogP contribution in [0.15, 0.2) is 30.5 Å². The number of hydrogen-bond donors (Lipinski definition) is 1. The maximum Gasteiger partial charge on any atom is 0.0436 e. The molecular formula is C16H19N. The Hall–Kier alpha value is -1.68. The predicted octanol–water partition coefficient (Wildman–Crippen LogP) is 3.91. The Balaban J connectivity index is 2.40. The normalized spacial score (nSPS) is 16.2. The lowest BCUT2D eigenvalue weighted by Crippen LogP contribution is -2.15. The van der Waals surface area contributed by atoms with Gasteiger partial charge in [-0.3, -0.25) is 0 Å². The topological polar surface area (TPSA) is 12.0 Å². The van der Waals surface area contributed by atoms with Crippen LogP contribution in [0.3, 0.4) is 0 Å². The smallest absolute Gasteiger partial charge is 0.0436 e. The van der Waals surface area contributed by atoms with Crippen LogP contribution in [0.25, 0.3) is 0 Å². The summed E-state index contributed by atoms with van der Waals surface area (Å²) in [5.41, 5.74) is 4.59. The molecule has 1 N–H and O–H groups in total. The van der Waals surface area contributed by atoms with Crippen molar-refractivity contribution in [1.82, 2.24) is 0 Å². The van der Waals surface area contributed by atoms with Crippen LogP contribution >= 0.6 is 0 Å². The number of fused-ring (bicyclic) bond motifs is 1. The lowest BCUT2D eigenvalue weighted by atomic mass is 9.84. The number of hydrogen-bond acceptors (Lipinski definition) is 1. The number of anilines is 1. The lowest BCUT2D eigenvalue weighted by molar-refractivity contribution is 0.656. The second kappa shape index (κ2) is 3.96. The molecular weight excluding hydrogens is 206 g/mol. The third kappa shape index (κ3) is 2.08. The number of nitrogens with one attached hydrogen (secondary N) is 1. The number of allylic oxidation sites excluding steroid dienone is 1. The van der Waals surface area contributed by atoms with Crippen molar-refractivity contribution in [3.63, 3.8) is 0 Å². The molecule has 2 rings (SSSR count). The van der Waals surface area contributed by atoms with Crippen molar-refractivity contribution in [2.45, 2.75) is 33.1 Å². The van der Waals surface area contributed by atoms with Crippen molar-refractivity contribution >= 4 is 5.69 Å². The van der Waals surface area contributed by atoms with Gasteiger partial charge in [0, 0.05) is 28.3 Å². The second-order valence-electron chi connectivity index (χ2n) is 5.41. The summed E-state index contributed by atoms with van der Waals surface area (Å²) in [6.45, 7) is 12.7. The van der Waals surface area contributed by atoms with Crippen molar-refractivity contribution in [1.29, 1.82) is 0 Å². The highest BCUT2D eigenvalue weighted by Gasteiger charge is 2.33. The van der Waals surface area contributed by atoms with E-state index in [1.807, 2.05) is 0 Å². The van der Waals surface area contributed by atoms with Gasteiger partial charge in [0.15, 0.2) is 0 Å². The van der Waals surface area contributed by atoms with Crippen molar-refractivity contribution < 1.29 is 0 Å². The monoisotopic (exact) mass is 225 g/mol. The van der Waals surface area contributed by atoms with E-state index in [9.17, 15) is 0 Å². The molecule has 0 unspecified atom stereocenters. The fraction of sp³-hybridized carbons (Fsp3) is 0.375. The summed E-state index contributed by atoms with van der Waals surface area (Å²) in [4.78, 5) is 0. The van der Waals surface area contributed by atoms with E-state index in [2.05, 4.69) is 69.6 Å². The van der Waals surface area contributed by atoms with Gasteiger partial charge < -0.3 is 5.32 Å². The molecule has 0 spiro atoms. The van der Waals surface area contributed by atoms with Crippen LogP contribution in [-0.2, 0) is 5.41 Å². The minimum Gasteiger partial charge on any atom is -0.358 e. The third-order valence-corrected chi connectivity index (χ3v) is 3.24. The first-order valence-corrected chi connectivity index (χ1v) is 6.03. The van der Waals surface area contributed by atoms with Gasteiger partial charge in [-0.2, -0.15) is 0 Å². The van der Waals surface area contributed by atoms with Crippen LogP contribution in [0.2, 0.25) is 0 Å². The quantitative estimate of drug-likeness (QED) is 0.660. The van der Waals surface area contributed by atoms with Gasteiger partial charge in [-0.05, 0) is 17.7 Å². The van der Waals surface area contributed by atoms with Gasteiger partial charge in [-0.25, -0.2) is 0 Å². The molecule has 0 atom stereocenters. The first-order valence-electron chi connectivity index (χ1n) is 6.03. The largest absolute Gasteiger partial charge is 0.358 e.